The second kappa shape index (κ2) is 6.94. The highest BCUT2D eigenvalue weighted by Crippen LogP contribution is 2.44. The maximum Gasteiger partial charge on any atom is 0.251 e. The Bertz CT molecular complexity index is 802. The Hall–Kier alpha value is -1.44. The van der Waals surface area contributed by atoms with E-state index in [1.807, 2.05) is 0 Å². The molecule has 4 rings (SSSR count). The van der Waals surface area contributed by atoms with E-state index in [1.54, 1.807) is 19.1 Å². The zero-order chi connectivity index (χ0) is 18.3. The number of hydrogen-bond donors (Lipinski definition) is 1. The summed E-state index contributed by atoms with van der Waals surface area (Å²) in [5, 5.41) is 3.14. The van der Waals surface area contributed by atoms with Crippen molar-refractivity contribution in [3.05, 3.63) is 29.3 Å². The van der Waals surface area contributed by atoms with Crippen molar-refractivity contribution in [2.75, 3.05) is 26.3 Å². The average molecular weight is 378 g/mol. The van der Waals surface area contributed by atoms with Crippen LogP contribution in [0.5, 0.6) is 0 Å². The summed E-state index contributed by atoms with van der Waals surface area (Å²) in [7, 11) is -3.61. The number of nitrogens with zero attached hydrogens (tertiary/aromatic N) is 1. The van der Waals surface area contributed by atoms with Gasteiger partial charge in [-0.3, -0.25) is 4.79 Å². The van der Waals surface area contributed by atoms with E-state index < -0.39 is 10.0 Å². The Morgan fingerprint density at radius 3 is 2.62 bits per heavy atom. The topological polar surface area (TPSA) is 75.7 Å². The minimum atomic E-state index is -3.61. The van der Waals surface area contributed by atoms with E-state index in [-0.39, 0.29) is 16.8 Å². The minimum absolute atomic E-state index is 0.166. The van der Waals surface area contributed by atoms with Crippen LogP contribution in [0.4, 0.5) is 0 Å². The van der Waals surface area contributed by atoms with Gasteiger partial charge in [0, 0.05) is 24.7 Å². The molecular weight excluding hydrogens is 352 g/mol. The smallest absolute Gasteiger partial charge is 0.251 e. The highest BCUT2D eigenvalue weighted by Gasteiger charge is 2.40. The van der Waals surface area contributed by atoms with Crippen LogP contribution in [-0.4, -0.2) is 51.0 Å². The fraction of sp³-hybridized carbons (Fsp3) is 0.632. The second-order valence-corrected chi connectivity index (χ2v) is 9.66. The van der Waals surface area contributed by atoms with Crippen molar-refractivity contribution in [2.45, 2.75) is 43.5 Å². The largest absolute Gasteiger partial charge is 0.379 e. The van der Waals surface area contributed by atoms with E-state index in [9.17, 15) is 13.2 Å². The first kappa shape index (κ1) is 17.9. The Kier molecular flexibility index (Phi) is 4.79. The fourth-order valence-electron chi connectivity index (χ4n) is 4.62. The third-order valence-corrected chi connectivity index (χ3v) is 8.13. The molecule has 26 heavy (non-hydrogen) atoms. The number of fused-ring (bicyclic) bond motifs is 2. The highest BCUT2D eigenvalue weighted by atomic mass is 32.2. The van der Waals surface area contributed by atoms with E-state index in [2.05, 4.69) is 5.32 Å². The summed E-state index contributed by atoms with van der Waals surface area (Å²) in [4.78, 5) is 12.9. The number of hydrogen-bond acceptors (Lipinski definition) is 4. The van der Waals surface area contributed by atoms with Crippen molar-refractivity contribution in [1.82, 2.24) is 9.62 Å². The minimum Gasteiger partial charge on any atom is -0.379 e. The number of aryl methyl sites for hydroxylation is 1. The molecule has 3 aliphatic rings. The number of sulfonamides is 1. The van der Waals surface area contributed by atoms with Gasteiger partial charge >= 0.3 is 0 Å². The van der Waals surface area contributed by atoms with Crippen LogP contribution in [0, 0.1) is 18.8 Å². The van der Waals surface area contributed by atoms with Gasteiger partial charge in [-0.25, -0.2) is 8.42 Å². The molecule has 1 N–H and O–H groups in total. The second-order valence-electron chi connectivity index (χ2n) is 7.75. The predicted octanol–water partition coefficient (Wildman–Crippen LogP) is 1.93. The molecule has 142 valence electrons. The molecule has 0 spiro atoms. The Balaban J connectivity index is 1.54. The van der Waals surface area contributed by atoms with Crippen LogP contribution in [0.25, 0.3) is 0 Å². The summed E-state index contributed by atoms with van der Waals surface area (Å²) >= 11 is 0. The van der Waals surface area contributed by atoms with Gasteiger partial charge in [0.15, 0.2) is 0 Å². The van der Waals surface area contributed by atoms with Gasteiger partial charge in [-0.2, -0.15) is 4.31 Å². The fourth-order valence-corrected chi connectivity index (χ4v) is 6.28. The number of carbonyl (C=O) groups excluding carboxylic acids is 1. The summed E-state index contributed by atoms with van der Waals surface area (Å²) in [6.07, 6.45) is 4.75. The Morgan fingerprint density at radius 2 is 1.96 bits per heavy atom. The van der Waals surface area contributed by atoms with Crippen LogP contribution < -0.4 is 5.32 Å². The molecule has 1 aromatic rings. The maximum atomic E-state index is 13.0. The summed E-state index contributed by atoms with van der Waals surface area (Å²) in [5.41, 5.74) is 1.08. The average Bonchev–Trinajstić information content (AvgIpc) is 3.25. The normalized spacial score (nSPS) is 29.0. The molecule has 0 aromatic heterocycles. The number of rotatable bonds is 4. The molecule has 1 aliphatic heterocycles. The van der Waals surface area contributed by atoms with Crippen molar-refractivity contribution < 1.29 is 17.9 Å². The van der Waals surface area contributed by atoms with Gasteiger partial charge in [0.2, 0.25) is 10.0 Å². The Labute approximate surface area is 155 Å². The van der Waals surface area contributed by atoms with E-state index in [0.717, 1.165) is 12.3 Å². The van der Waals surface area contributed by atoms with Crippen LogP contribution in [0.2, 0.25) is 0 Å². The van der Waals surface area contributed by atoms with Crippen LogP contribution in [0.15, 0.2) is 23.1 Å². The number of ether oxygens (including phenoxy) is 1. The number of amides is 1. The number of morpholine rings is 1. The first-order valence-electron chi connectivity index (χ1n) is 9.44. The van der Waals surface area contributed by atoms with Crippen LogP contribution >= 0.6 is 0 Å². The first-order chi connectivity index (χ1) is 12.4. The molecule has 6 nitrogen and oxygen atoms in total. The first-order valence-corrected chi connectivity index (χ1v) is 10.9. The maximum absolute atomic E-state index is 13.0. The number of nitrogens with one attached hydrogen (secondary N) is 1. The molecule has 2 aliphatic carbocycles. The molecule has 0 radical (unpaired) electrons. The van der Waals surface area contributed by atoms with Gasteiger partial charge in [0.25, 0.3) is 5.91 Å². The van der Waals surface area contributed by atoms with Crippen molar-refractivity contribution >= 4 is 15.9 Å². The van der Waals surface area contributed by atoms with Crippen molar-refractivity contribution in [2.24, 2.45) is 11.8 Å². The molecule has 1 saturated heterocycles. The molecule has 3 fully saturated rings. The van der Waals surface area contributed by atoms with E-state index >= 15 is 0 Å². The molecular formula is C19H26N2O4S. The third kappa shape index (κ3) is 3.28. The lowest BCUT2D eigenvalue weighted by Crippen LogP contribution is -2.41. The molecule has 2 bridgehead atoms. The van der Waals surface area contributed by atoms with Gasteiger partial charge in [0.1, 0.15) is 0 Å². The monoisotopic (exact) mass is 378 g/mol. The molecule has 1 heterocycles. The number of carbonyl (C=O) groups is 1. The van der Waals surface area contributed by atoms with Gasteiger partial charge in [-0.05, 0) is 55.7 Å². The van der Waals surface area contributed by atoms with Gasteiger partial charge in [0.05, 0.1) is 18.1 Å². The Morgan fingerprint density at radius 1 is 1.19 bits per heavy atom. The third-order valence-electron chi connectivity index (χ3n) is 6.09. The van der Waals surface area contributed by atoms with Crippen LogP contribution in [0.3, 0.4) is 0 Å². The van der Waals surface area contributed by atoms with Crippen molar-refractivity contribution in [1.29, 1.82) is 0 Å². The van der Waals surface area contributed by atoms with E-state index in [0.29, 0.717) is 43.3 Å². The van der Waals surface area contributed by atoms with Crippen LogP contribution in [0.1, 0.15) is 41.6 Å². The summed E-state index contributed by atoms with van der Waals surface area (Å²) < 4.78 is 32.6. The van der Waals surface area contributed by atoms with Crippen molar-refractivity contribution in [3.8, 4) is 0 Å². The lowest BCUT2D eigenvalue weighted by atomic mass is 9.95. The lowest BCUT2D eigenvalue weighted by Gasteiger charge is -2.27. The van der Waals surface area contributed by atoms with Crippen LogP contribution in [-0.2, 0) is 14.8 Å². The van der Waals surface area contributed by atoms with Gasteiger partial charge < -0.3 is 10.1 Å². The SMILES string of the molecule is Cc1ccc(C(=O)N[C@H]2C[C@H]3CC[C@H]2C3)cc1S(=O)(=O)N1CCOCC1. The quantitative estimate of drug-likeness (QED) is 0.869. The zero-order valence-electron chi connectivity index (χ0n) is 15.1. The predicted molar refractivity (Wildman–Crippen MR) is 97.5 cm³/mol. The van der Waals surface area contributed by atoms with Gasteiger partial charge in [-0.1, -0.05) is 12.5 Å². The van der Waals surface area contributed by atoms with E-state index in [1.165, 1.54) is 29.6 Å². The van der Waals surface area contributed by atoms with Crippen molar-refractivity contribution in [3.63, 3.8) is 0 Å². The van der Waals surface area contributed by atoms with E-state index in [4.69, 9.17) is 4.74 Å². The summed E-state index contributed by atoms with van der Waals surface area (Å²) in [5.74, 6) is 1.17. The number of benzene rings is 1. The molecule has 1 amide bonds. The standard InChI is InChI=1S/C19H26N2O4S/c1-13-2-4-16(19(22)20-17-11-14-3-5-15(17)10-14)12-18(13)26(23,24)21-6-8-25-9-7-21/h2,4,12,14-15,17H,3,5-11H2,1H3,(H,20,22)/t14-,15-,17-/m0/s1. The molecule has 0 unspecified atom stereocenters. The summed E-state index contributed by atoms with van der Waals surface area (Å²) in [6, 6.07) is 5.21. The summed E-state index contributed by atoms with van der Waals surface area (Å²) in [6.45, 7) is 3.28. The zero-order valence-corrected chi connectivity index (χ0v) is 15.9. The lowest BCUT2D eigenvalue weighted by molar-refractivity contribution is 0.0730. The highest BCUT2D eigenvalue weighted by molar-refractivity contribution is 7.89. The van der Waals surface area contributed by atoms with Gasteiger partial charge in [-0.15, -0.1) is 0 Å². The molecule has 7 heteroatoms. The molecule has 1 aromatic carbocycles. The molecule has 2 saturated carbocycles. The molecule has 3 atom stereocenters.